The molecule has 0 aliphatic carbocycles. The topological polar surface area (TPSA) is 20.3 Å². The summed E-state index contributed by atoms with van der Waals surface area (Å²) in [5.41, 5.74) is -0.0283. The minimum Gasteiger partial charge on any atom is -0.331 e. The van der Waals surface area contributed by atoms with Crippen LogP contribution in [0.4, 0.5) is 0 Å². The molecule has 1 rings (SSSR count). The number of carbonyl (C=O) groups is 1. The minimum atomic E-state index is -0.0283. The highest BCUT2D eigenvalue weighted by Gasteiger charge is 2.40. The van der Waals surface area contributed by atoms with E-state index in [0.29, 0.717) is 12.5 Å². The smallest absolute Gasteiger partial charge is 0.225 e. The van der Waals surface area contributed by atoms with Gasteiger partial charge in [0.15, 0.2) is 0 Å². The summed E-state index contributed by atoms with van der Waals surface area (Å²) in [6.45, 7) is 8.20. The molecule has 0 aromatic heterocycles. The Morgan fingerprint density at radius 3 is 2.42 bits per heavy atom. The molecule has 2 heteroatoms. The van der Waals surface area contributed by atoms with E-state index in [1.807, 2.05) is 17.9 Å². The van der Waals surface area contributed by atoms with Crippen molar-refractivity contribution in [2.75, 3.05) is 0 Å². The zero-order valence-electron chi connectivity index (χ0n) is 8.29. The first-order valence-electron chi connectivity index (χ1n) is 4.42. The Kier molecular flexibility index (Phi) is 2.27. The van der Waals surface area contributed by atoms with Crippen molar-refractivity contribution < 1.29 is 4.79 Å². The van der Waals surface area contributed by atoms with Crippen LogP contribution in [0.15, 0.2) is 12.2 Å². The van der Waals surface area contributed by atoms with Crippen LogP contribution >= 0.6 is 0 Å². The zero-order chi connectivity index (χ0) is 9.35. The normalized spacial score (nSPS) is 24.8. The van der Waals surface area contributed by atoms with Crippen LogP contribution in [0.25, 0.3) is 0 Å². The second kappa shape index (κ2) is 2.92. The molecule has 0 aromatic rings. The van der Waals surface area contributed by atoms with E-state index in [-0.39, 0.29) is 11.4 Å². The molecule has 1 fully saturated rings. The van der Waals surface area contributed by atoms with Crippen molar-refractivity contribution in [1.82, 2.24) is 4.90 Å². The Morgan fingerprint density at radius 1 is 1.50 bits per heavy atom. The molecule has 2 nitrogen and oxygen atoms in total. The van der Waals surface area contributed by atoms with E-state index < -0.39 is 0 Å². The van der Waals surface area contributed by atoms with Gasteiger partial charge in [-0.05, 0) is 27.7 Å². The Hall–Kier alpha value is -0.790. The fourth-order valence-corrected chi connectivity index (χ4v) is 1.69. The minimum absolute atomic E-state index is 0.0283. The fraction of sp³-hybridized carbons (Fsp3) is 0.700. The van der Waals surface area contributed by atoms with Crippen LogP contribution in [0.1, 0.15) is 34.1 Å². The second-order valence-corrected chi connectivity index (χ2v) is 4.23. The maximum Gasteiger partial charge on any atom is 0.225 e. The van der Waals surface area contributed by atoms with Crippen molar-refractivity contribution in [2.24, 2.45) is 0 Å². The Balaban J connectivity index is 2.68. The summed E-state index contributed by atoms with van der Waals surface area (Å²) < 4.78 is 0. The van der Waals surface area contributed by atoms with Crippen molar-refractivity contribution in [1.29, 1.82) is 0 Å². The first-order chi connectivity index (χ1) is 5.46. The summed E-state index contributed by atoms with van der Waals surface area (Å²) in [6, 6.07) is 0.336. The lowest BCUT2D eigenvalue weighted by molar-refractivity contribution is -0.151. The molecule has 0 saturated carbocycles. The summed E-state index contributed by atoms with van der Waals surface area (Å²) in [5, 5.41) is 0. The van der Waals surface area contributed by atoms with Crippen molar-refractivity contribution in [2.45, 2.75) is 45.7 Å². The molecule has 12 heavy (non-hydrogen) atoms. The van der Waals surface area contributed by atoms with Gasteiger partial charge in [0.1, 0.15) is 0 Å². The van der Waals surface area contributed by atoms with Gasteiger partial charge in [0, 0.05) is 5.54 Å². The molecule has 1 amide bonds. The first kappa shape index (κ1) is 9.30. The average Bonchev–Trinajstić information content (AvgIpc) is 1.82. The predicted octanol–water partition coefficient (Wildman–Crippen LogP) is 1.96. The van der Waals surface area contributed by atoms with Crippen LogP contribution in [0.2, 0.25) is 0 Å². The highest BCUT2D eigenvalue weighted by molar-refractivity contribution is 5.84. The largest absolute Gasteiger partial charge is 0.331 e. The molecule has 0 bridgehead atoms. The highest BCUT2D eigenvalue weighted by atomic mass is 16.2. The molecular weight excluding hydrogens is 150 g/mol. The SMILES string of the molecule is C/C=C/[C@H]1CC(=O)N1C(C)(C)C. The molecule has 1 aliphatic rings. The standard InChI is InChI=1S/C10H17NO/c1-5-6-8-7-9(12)11(8)10(2,3)4/h5-6,8H,7H2,1-4H3/b6-5+/t8-/m0/s1. The molecule has 0 radical (unpaired) electrons. The van der Waals surface area contributed by atoms with E-state index in [9.17, 15) is 4.79 Å². The summed E-state index contributed by atoms with van der Waals surface area (Å²) in [6.07, 6.45) is 4.78. The van der Waals surface area contributed by atoms with Crippen LogP contribution in [0.5, 0.6) is 0 Å². The van der Waals surface area contributed by atoms with Gasteiger partial charge in [-0.15, -0.1) is 0 Å². The molecule has 0 aromatic carbocycles. The Labute approximate surface area is 74.2 Å². The number of rotatable bonds is 1. The number of hydrogen-bond acceptors (Lipinski definition) is 1. The van der Waals surface area contributed by atoms with E-state index in [4.69, 9.17) is 0 Å². The van der Waals surface area contributed by atoms with E-state index in [1.165, 1.54) is 0 Å². The van der Waals surface area contributed by atoms with Crippen LogP contribution in [0.3, 0.4) is 0 Å². The third-order valence-electron chi connectivity index (χ3n) is 2.12. The molecule has 1 atom stereocenters. The lowest BCUT2D eigenvalue weighted by Crippen LogP contribution is -2.60. The third-order valence-corrected chi connectivity index (χ3v) is 2.12. The van der Waals surface area contributed by atoms with Crippen molar-refractivity contribution in [3.05, 3.63) is 12.2 Å². The summed E-state index contributed by atoms with van der Waals surface area (Å²) >= 11 is 0. The van der Waals surface area contributed by atoms with Gasteiger partial charge < -0.3 is 4.90 Å². The van der Waals surface area contributed by atoms with Crippen molar-refractivity contribution in [3.63, 3.8) is 0 Å². The monoisotopic (exact) mass is 167 g/mol. The van der Waals surface area contributed by atoms with Crippen molar-refractivity contribution >= 4 is 5.91 Å². The molecule has 1 aliphatic heterocycles. The lowest BCUT2D eigenvalue weighted by atomic mass is 9.92. The number of amides is 1. The quantitative estimate of drug-likeness (QED) is 0.432. The number of nitrogens with zero attached hydrogens (tertiary/aromatic N) is 1. The van der Waals surface area contributed by atoms with Gasteiger partial charge in [-0.2, -0.15) is 0 Å². The number of carbonyl (C=O) groups excluding carboxylic acids is 1. The average molecular weight is 167 g/mol. The summed E-state index contributed by atoms with van der Waals surface area (Å²) in [7, 11) is 0. The van der Waals surface area contributed by atoms with Gasteiger partial charge in [-0.1, -0.05) is 12.2 Å². The first-order valence-corrected chi connectivity index (χ1v) is 4.42. The van der Waals surface area contributed by atoms with Crippen LogP contribution in [-0.4, -0.2) is 22.4 Å². The summed E-state index contributed by atoms with van der Waals surface area (Å²) in [5.74, 6) is 0.269. The van der Waals surface area contributed by atoms with Crippen LogP contribution in [0, 0.1) is 0 Å². The maximum atomic E-state index is 11.3. The maximum absolute atomic E-state index is 11.3. The van der Waals surface area contributed by atoms with Gasteiger partial charge in [0.05, 0.1) is 12.5 Å². The van der Waals surface area contributed by atoms with Gasteiger partial charge >= 0.3 is 0 Å². The van der Waals surface area contributed by atoms with E-state index in [2.05, 4.69) is 26.8 Å². The van der Waals surface area contributed by atoms with E-state index >= 15 is 0 Å². The van der Waals surface area contributed by atoms with Gasteiger partial charge in [0.25, 0.3) is 0 Å². The predicted molar refractivity (Wildman–Crippen MR) is 49.8 cm³/mol. The highest BCUT2D eigenvalue weighted by Crippen LogP contribution is 2.29. The molecule has 0 spiro atoms. The van der Waals surface area contributed by atoms with E-state index in [0.717, 1.165) is 0 Å². The lowest BCUT2D eigenvalue weighted by Gasteiger charge is -2.48. The number of allylic oxidation sites excluding steroid dienone is 1. The Bertz CT molecular complexity index is 212. The summed E-state index contributed by atoms with van der Waals surface area (Å²) in [4.78, 5) is 13.2. The van der Waals surface area contributed by atoms with Crippen LogP contribution in [-0.2, 0) is 4.79 Å². The number of likely N-dealkylation sites (tertiary alicyclic amines) is 1. The van der Waals surface area contributed by atoms with E-state index in [1.54, 1.807) is 0 Å². The Morgan fingerprint density at radius 2 is 2.08 bits per heavy atom. The zero-order valence-corrected chi connectivity index (χ0v) is 8.29. The molecule has 0 unspecified atom stereocenters. The molecule has 0 N–H and O–H groups in total. The molecule has 68 valence electrons. The second-order valence-electron chi connectivity index (χ2n) is 4.23. The number of β-lactam (4-membered cyclic amide) rings is 1. The van der Waals surface area contributed by atoms with Gasteiger partial charge in [0.2, 0.25) is 5.91 Å². The fourth-order valence-electron chi connectivity index (χ4n) is 1.69. The van der Waals surface area contributed by atoms with Gasteiger partial charge in [-0.25, -0.2) is 0 Å². The van der Waals surface area contributed by atoms with Crippen LogP contribution < -0.4 is 0 Å². The molecular formula is C10H17NO. The third kappa shape index (κ3) is 1.52. The molecule has 1 heterocycles. The van der Waals surface area contributed by atoms with Gasteiger partial charge in [-0.3, -0.25) is 4.79 Å². The van der Waals surface area contributed by atoms with Crippen molar-refractivity contribution in [3.8, 4) is 0 Å². The number of hydrogen-bond donors (Lipinski definition) is 0. The molecule has 1 saturated heterocycles.